The van der Waals surface area contributed by atoms with Crippen molar-refractivity contribution in [1.29, 1.82) is 0 Å². The van der Waals surface area contributed by atoms with Crippen LogP contribution >= 0.6 is 11.3 Å². The molecule has 4 rings (SSSR count). The van der Waals surface area contributed by atoms with Crippen LogP contribution in [0.4, 0.5) is 10.1 Å². The number of thiophene rings is 1. The van der Waals surface area contributed by atoms with Gasteiger partial charge in [-0.3, -0.25) is 14.2 Å². The highest BCUT2D eigenvalue weighted by atomic mass is 32.1. The van der Waals surface area contributed by atoms with Gasteiger partial charge in [-0.05, 0) is 55.8 Å². The molecule has 0 aliphatic rings. The SMILES string of the molecule is CCOc1ccc(-c2csc3ncn(C(C)C(=O)Nc4ccc(F)cc4)c(=O)c23)cc1. The van der Waals surface area contributed by atoms with Gasteiger partial charge in [0.25, 0.3) is 5.56 Å². The van der Waals surface area contributed by atoms with Crippen molar-refractivity contribution in [3.63, 3.8) is 0 Å². The quantitative estimate of drug-likeness (QED) is 0.467. The molecule has 1 amide bonds. The van der Waals surface area contributed by atoms with E-state index in [1.54, 1.807) is 6.92 Å². The van der Waals surface area contributed by atoms with Gasteiger partial charge in [0.15, 0.2) is 0 Å². The van der Waals surface area contributed by atoms with Crippen molar-refractivity contribution < 1.29 is 13.9 Å². The van der Waals surface area contributed by atoms with Crippen molar-refractivity contribution in [3.8, 4) is 16.9 Å². The lowest BCUT2D eigenvalue weighted by Gasteiger charge is -2.15. The fourth-order valence-corrected chi connectivity index (χ4v) is 4.14. The Hall–Kier alpha value is -3.52. The van der Waals surface area contributed by atoms with E-state index in [-0.39, 0.29) is 5.56 Å². The standard InChI is InChI=1S/C23H20FN3O3S/c1-3-30-18-10-4-15(5-11-18)19-12-31-22-20(19)23(29)27(13-25-22)14(2)21(28)26-17-8-6-16(24)7-9-17/h4-14H,3H2,1-2H3,(H,26,28). The topological polar surface area (TPSA) is 73.2 Å². The number of ether oxygens (including phenoxy) is 1. The molecule has 1 N–H and O–H groups in total. The van der Waals surface area contributed by atoms with Crippen LogP contribution in [0.25, 0.3) is 21.3 Å². The zero-order valence-electron chi connectivity index (χ0n) is 17.0. The van der Waals surface area contributed by atoms with E-state index < -0.39 is 17.8 Å². The maximum atomic E-state index is 13.3. The van der Waals surface area contributed by atoms with Gasteiger partial charge in [0, 0.05) is 16.6 Å². The minimum absolute atomic E-state index is 0.295. The normalized spacial score (nSPS) is 12.0. The smallest absolute Gasteiger partial charge is 0.263 e. The number of hydrogen-bond acceptors (Lipinski definition) is 5. The number of rotatable bonds is 6. The number of nitrogens with zero attached hydrogens (tertiary/aromatic N) is 2. The Morgan fingerprint density at radius 1 is 1.19 bits per heavy atom. The van der Waals surface area contributed by atoms with Crippen LogP contribution in [0.3, 0.4) is 0 Å². The molecule has 0 radical (unpaired) electrons. The molecular weight excluding hydrogens is 417 g/mol. The van der Waals surface area contributed by atoms with Crippen LogP contribution in [0, 0.1) is 5.82 Å². The largest absolute Gasteiger partial charge is 0.494 e. The number of anilines is 1. The zero-order valence-corrected chi connectivity index (χ0v) is 17.8. The summed E-state index contributed by atoms with van der Waals surface area (Å²) in [5.41, 5.74) is 1.79. The molecule has 2 heterocycles. The molecule has 31 heavy (non-hydrogen) atoms. The molecule has 1 unspecified atom stereocenters. The summed E-state index contributed by atoms with van der Waals surface area (Å²) in [6.45, 7) is 4.12. The number of carbonyl (C=O) groups is 1. The molecule has 0 spiro atoms. The second-order valence-electron chi connectivity index (χ2n) is 6.92. The Morgan fingerprint density at radius 3 is 2.58 bits per heavy atom. The average molecular weight is 437 g/mol. The Morgan fingerprint density at radius 2 is 1.90 bits per heavy atom. The highest BCUT2D eigenvalue weighted by molar-refractivity contribution is 7.17. The summed E-state index contributed by atoms with van der Waals surface area (Å²) in [6, 6.07) is 12.2. The van der Waals surface area contributed by atoms with Crippen molar-refractivity contribution in [2.45, 2.75) is 19.9 Å². The number of halogens is 1. The van der Waals surface area contributed by atoms with Crippen molar-refractivity contribution in [2.75, 3.05) is 11.9 Å². The van der Waals surface area contributed by atoms with E-state index in [1.165, 1.54) is 46.5 Å². The second kappa shape index (κ2) is 8.69. The predicted octanol–water partition coefficient (Wildman–Crippen LogP) is 4.86. The lowest BCUT2D eigenvalue weighted by molar-refractivity contribution is -0.118. The summed E-state index contributed by atoms with van der Waals surface area (Å²) in [6.07, 6.45) is 1.39. The molecule has 0 aliphatic heterocycles. The van der Waals surface area contributed by atoms with Crippen LogP contribution in [0.2, 0.25) is 0 Å². The molecule has 1 atom stereocenters. The summed E-state index contributed by atoms with van der Waals surface area (Å²) in [5.74, 6) is -0.0312. The number of amides is 1. The highest BCUT2D eigenvalue weighted by Crippen LogP contribution is 2.32. The van der Waals surface area contributed by atoms with Crippen molar-refractivity contribution >= 4 is 33.1 Å². The minimum Gasteiger partial charge on any atom is -0.494 e. The third-order valence-electron chi connectivity index (χ3n) is 4.90. The zero-order chi connectivity index (χ0) is 22.0. The summed E-state index contributed by atoms with van der Waals surface area (Å²) in [7, 11) is 0. The van der Waals surface area contributed by atoms with Gasteiger partial charge in [-0.1, -0.05) is 12.1 Å². The van der Waals surface area contributed by atoms with Crippen LogP contribution in [0.5, 0.6) is 5.75 Å². The molecule has 158 valence electrons. The van der Waals surface area contributed by atoms with E-state index in [0.717, 1.165) is 16.9 Å². The van der Waals surface area contributed by atoms with Crippen LogP contribution in [0.1, 0.15) is 19.9 Å². The van der Waals surface area contributed by atoms with Crippen molar-refractivity contribution in [1.82, 2.24) is 9.55 Å². The molecule has 0 bridgehead atoms. The van der Waals surface area contributed by atoms with Crippen LogP contribution < -0.4 is 15.6 Å². The first-order chi connectivity index (χ1) is 15.0. The van der Waals surface area contributed by atoms with E-state index in [9.17, 15) is 14.0 Å². The lowest BCUT2D eigenvalue weighted by Crippen LogP contribution is -2.31. The Kier molecular flexibility index (Phi) is 5.81. The van der Waals surface area contributed by atoms with Gasteiger partial charge < -0.3 is 10.1 Å². The fourth-order valence-electron chi connectivity index (χ4n) is 3.24. The predicted molar refractivity (Wildman–Crippen MR) is 120 cm³/mol. The van der Waals surface area contributed by atoms with Crippen LogP contribution in [-0.4, -0.2) is 22.1 Å². The molecule has 2 aromatic carbocycles. The van der Waals surface area contributed by atoms with Gasteiger partial charge >= 0.3 is 0 Å². The van der Waals surface area contributed by atoms with Gasteiger partial charge in [-0.15, -0.1) is 11.3 Å². The van der Waals surface area contributed by atoms with Gasteiger partial charge in [0.2, 0.25) is 5.91 Å². The third kappa shape index (κ3) is 4.20. The molecule has 0 saturated carbocycles. The van der Waals surface area contributed by atoms with E-state index in [2.05, 4.69) is 10.3 Å². The molecular formula is C23H20FN3O3S. The van der Waals surface area contributed by atoms with Gasteiger partial charge in [-0.25, -0.2) is 9.37 Å². The fraction of sp³-hybridized carbons (Fsp3) is 0.174. The van der Waals surface area contributed by atoms with E-state index in [4.69, 9.17) is 4.74 Å². The Labute approximate surface area is 181 Å². The number of benzene rings is 2. The van der Waals surface area contributed by atoms with Crippen molar-refractivity contribution in [3.05, 3.63) is 76.4 Å². The van der Waals surface area contributed by atoms with Crippen LogP contribution in [0.15, 0.2) is 65.0 Å². The van der Waals surface area contributed by atoms with Crippen molar-refractivity contribution in [2.24, 2.45) is 0 Å². The molecule has 6 nitrogen and oxygen atoms in total. The number of nitrogens with one attached hydrogen (secondary N) is 1. The molecule has 0 fully saturated rings. The number of carbonyl (C=O) groups excluding carboxylic acids is 1. The van der Waals surface area contributed by atoms with E-state index >= 15 is 0 Å². The monoisotopic (exact) mass is 437 g/mol. The van der Waals surface area contributed by atoms with E-state index in [0.29, 0.717) is 22.5 Å². The summed E-state index contributed by atoms with van der Waals surface area (Å²) < 4.78 is 19.9. The van der Waals surface area contributed by atoms with Gasteiger partial charge in [0.05, 0.1) is 18.3 Å². The summed E-state index contributed by atoms with van der Waals surface area (Å²) in [5, 5.41) is 5.06. The maximum absolute atomic E-state index is 13.3. The molecule has 0 saturated heterocycles. The minimum atomic E-state index is -0.803. The van der Waals surface area contributed by atoms with Gasteiger partial charge in [-0.2, -0.15) is 0 Å². The number of hydrogen-bond donors (Lipinski definition) is 1. The molecule has 2 aromatic heterocycles. The maximum Gasteiger partial charge on any atom is 0.263 e. The number of aromatic nitrogens is 2. The van der Waals surface area contributed by atoms with E-state index in [1.807, 2.05) is 36.6 Å². The second-order valence-corrected chi connectivity index (χ2v) is 7.77. The Balaban J connectivity index is 1.67. The van der Waals surface area contributed by atoms with Crippen LogP contribution in [-0.2, 0) is 4.79 Å². The average Bonchev–Trinajstić information content (AvgIpc) is 3.21. The third-order valence-corrected chi connectivity index (χ3v) is 5.79. The van der Waals surface area contributed by atoms with Gasteiger partial charge in [0.1, 0.15) is 22.4 Å². The first-order valence-electron chi connectivity index (χ1n) is 9.76. The molecule has 4 aromatic rings. The summed E-state index contributed by atoms with van der Waals surface area (Å²) in [4.78, 5) is 30.9. The first-order valence-corrected chi connectivity index (χ1v) is 10.6. The highest BCUT2D eigenvalue weighted by Gasteiger charge is 2.20. The summed E-state index contributed by atoms with van der Waals surface area (Å²) >= 11 is 1.38. The molecule has 8 heteroatoms. The lowest BCUT2D eigenvalue weighted by atomic mass is 10.1. The first kappa shape index (κ1) is 20.7. The molecule has 0 aliphatic carbocycles. The Bertz CT molecular complexity index is 1280. The number of fused-ring (bicyclic) bond motifs is 1.